The van der Waals surface area contributed by atoms with Crippen molar-refractivity contribution in [3.8, 4) is 0 Å². The first kappa shape index (κ1) is 16.5. The van der Waals surface area contributed by atoms with Gasteiger partial charge < -0.3 is 10.1 Å². The van der Waals surface area contributed by atoms with Crippen molar-refractivity contribution in [1.82, 2.24) is 15.1 Å². The lowest BCUT2D eigenvalue weighted by Gasteiger charge is -2.20. The summed E-state index contributed by atoms with van der Waals surface area (Å²) in [5.74, 6) is 0. The Morgan fingerprint density at radius 1 is 1.38 bits per heavy atom. The van der Waals surface area contributed by atoms with E-state index in [2.05, 4.69) is 44.6 Å². The molecule has 0 bridgehead atoms. The molecule has 1 aromatic heterocycles. The van der Waals surface area contributed by atoms with Gasteiger partial charge in [-0.25, -0.2) is 0 Å². The molecule has 4 nitrogen and oxygen atoms in total. The average Bonchev–Trinajstić information content (AvgIpc) is 2.97. The highest BCUT2D eigenvalue weighted by atomic mass is 16.5. The summed E-state index contributed by atoms with van der Waals surface area (Å²) < 4.78 is 8.35. The van der Waals surface area contributed by atoms with Gasteiger partial charge in [0.25, 0.3) is 0 Å². The van der Waals surface area contributed by atoms with E-state index in [4.69, 9.17) is 9.84 Å². The van der Waals surface area contributed by atoms with E-state index < -0.39 is 0 Å². The minimum Gasteiger partial charge on any atom is -0.370 e. The summed E-state index contributed by atoms with van der Waals surface area (Å²) in [4.78, 5) is 0. The second kappa shape index (κ2) is 6.49. The number of rotatable bonds is 6. The lowest BCUT2D eigenvalue weighted by atomic mass is 10.0. The van der Waals surface area contributed by atoms with Crippen LogP contribution in [0.1, 0.15) is 70.5 Å². The second-order valence-corrected chi connectivity index (χ2v) is 6.74. The molecule has 0 aromatic carbocycles. The van der Waals surface area contributed by atoms with E-state index in [0.717, 1.165) is 32.2 Å². The number of aromatic nitrogens is 2. The van der Waals surface area contributed by atoms with E-state index in [1.165, 1.54) is 17.0 Å². The second-order valence-electron chi connectivity index (χ2n) is 6.74. The van der Waals surface area contributed by atoms with Gasteiger partial charge in [0.05, 0.1) is 23.9 Å². The molecule has 2 unspecified atom stereocenters. The summed E-state index contributed by atoms with van der Waals surface area (Å²) in [7, 11) is 2.02. The van der Waals surface area contributed by atoms with Gasteiger partial charge in [0.1, 0.15) is 0 Å². The topological polar surface area (TPSA) is 39.1 Å². The van der Waals surface area contributed by atoms with E-state index in [1.54, 1.807) is 0 Å². The van der Waals surface area contributed by atoms with Crippen molar-refractivity contribution in [2.24, 2.45) is 0 Å². The molecule has 1 aromatic rings. The lowest BCUT2D eigenvalue weighted by Crippen LogP contribution is -2.24. The van der Waals surface area contributed by atoms with Crippen LogP contribution in [-0.2, 0) is 24.1 Å². The van der Waals surface area contributed by atoms with Gasteiger partial charge in [-0.2, -0.15) is 5.10 Å². The predicted molar refractivity (Wildman–Crippen MR) is 86.6 cm³/mol. The van der Waals surface area contributed by atoms with Crippen LogP contribution in [0.4, 0.5) is 0 Å². The van der Waals surface area contributed by atoms with Gasteiger partial charge >= 0.3 is 0 Å². The summed E-state index contributed by atoms with van der Waals surface area (Å²) in [6, 6.07) is 0.351. The quantitative estimate of drug-likeness (QED) is 0.875. The smallest absolute Gasteiger partial charge is 0.0779 e. The molecule has 1 saturated heterocycles. The molecular weight excluding hydrogens is 262 g/mol. The van der Waals surface area contributed by atoms with Crippen molar-refractivity contribution in [3.63, 3.8) is 0 Å². The zero-order chi connectivity index (χ0) is 15.6. The molecule has 2 atom stereocenters. The van der Waals surface area contributed by atoms with Crippen LogP contribution in [0.5, 0.6) is 0 Å². The van der Waals surface area contributed by atoms with Gasteiger partial charge in [0, 0.05) is 17.3 Å². The third-order valence-corrected chi connectivity index (χ3v) is 4.64. The Bertz CT molecular complexity index is 479. The van der Waals surface area contributed by atoms with Gasteiger partial charge in [0.15, 0.2) is 0 Å². The summed E-state index contributed by atoms with van der Waals surface area (Å²) in [6.07, 6.45) is 4.57. The van der Waals surface area contributed by atoms with E-state index in [-0.39, 0.29) is 5.60 Å². The molecule has 21 heavy (non-hydrogen) atoms. The normalized spacial score (nSPS) is 22.7. The number of nitrogens with one attached hydrogen (secondary N) is 1. The third-order valence-electron chi connectivity index (χ3n) is 4.64. The highest BCUT2D eigenvalue weighted by molar-refractivity contribution is 5.30. The molecule has 120 valence electrons. The van der Waals surface area contributed by atoms with E-state index in [9.17, 15) is 0 Å². The fraction of sp³-hybridized carbons (Fsp3) is 0.824. The Balaban J connectivity index is 2.25. The molecule has 4 heteroatoms. The van der Waals surface area contributed by atoms with Gasteiger partial charge in [-0.1, -0.05) is 13.8 Å². The predicted octanol–water partition coefficient (Wildman–Crippen LogP) is 3.25. The van der Waals surface area contributed by atoms with Crippen molar-refractivity contribution in [3.05, 3.63) is 17.0 Å². The number of hydrogen-bond acceptors (Lipinski definition) is 3. The molecule has 1 aliphatic rings. The van der Waals surface area contributed by atoms with Gasteiger partial charge in [-0.05, 0) is 53.5 Å². The molecule has 1 fully saturated rings. The SMILES string of the molecule is CCc1nn(CC2CCC(C)(C)O2)c(CC)c1C(C)NC. The van der Waals surface area contributed by atoms with Crippen LogP contribution in [0.25, 0.3) is 0 Å². The van der Waals surface area contributed by atoms with Crippen LogP contribution in [0.2, 0.25) is 0 Å². The van der Waals surface area contributed by atoms with Crippen molar-refractivity contribution in [2.75, 3.05) is 7.05 Å². The Morgan fingerprint density at radius 3 is 2.57 bits per heavy atom. The van der Waals surface area contributed by atoms with Gasteiger partial charge in [0.2, 0.25) is 0 Å². The molecule has 0 spiro atoms. The van der Waals surface area contributed by atoms with Crippen molar-refractivity contribution >= 4 is 0 Å². The number of hydrogen-bond donors (Lipinski definition) is 1. The highest BCUT2D eigenvalue weighted by Gasteiger charge is 2.32. The zero-order valence-corrected chi connectivity index (χ0v) is 14.5. The first-order valence-electron chi connectivity index (χ1n) is 8.35. The van der Waals surface area contributed by atoms with Crippen molar-refractivity contribution in [2.45, 2.75) is 84.6 Å². The van der Waals surface area contributed by atoms with Crippen LogP contribution in [-0.4, -0.2) is 28.5 Å². The Hall–Kier alpha value is -0.870. The number of aryl methyl sites for hydroxylation is 1. The summed E-state index contributed by atoms with van der Waals surface area (Å²) in [5.41, 5.74) is 4.01. The van der Waals surface area contributed by atoms with Gasteiger partial charge in [-0.15, -0.1) is 0 Å². The van der Waals surface area contributed by atoms with Gasteiger partial charge in [-0.3, -0.25) is 4.68 Å². The molecule has 2 heterocycles. The first-order chi connectivity index (χ1) is 9.91. The number of ether oxygens (including phenoxy) is 1. The Labute approximate surface area is 129 Å². The van der Waals surface area contributed by atoms with E-state index in [1.807, 2.05) is 7.05 Å². The van der Waals surface area contributed by atoms with Crippen LogP contribution >= 0.6 is 0 Å². The maximum absolute atomic E-state index is 6.15. The molecular formula is C17H31N3O. The maximum atomic E-state index is 6.15. The fourth-order valence-corrected chi connectivity index (χ4v) is 3.39. The van der Waals surface area contributed by atoms with Crippen LogP contribution in [0, 0.1) is 0 Å². The summed E-state index contributed by atoms with van der Waals surface area (Å²) in [6.45, 7) is 11.9. The molecule has 0 amide bonds. The maximum Gasteiger partial charge on any atom is 0.0779 e. The average molecular weight is 293 g/mol. The van der Waals surface area contributed by atoms with Crippen LogP contribution in [0.3, 0.4) is 0 Å². The lowest BCUT2D eigenvalue weighted by molar-refractivity contribution is -0.0233. The molecule has 0 saturated carbocycles. The minimum atomic E-state index is 0.0267. The molecule has 2 rings (SSSR count). The Morgan fingerprint density at radius 2 is 2.10 bits per heavy atom. The highest BCUT2D eigenvalue weighted by Crippen LogP contribution is 2.31. The molecule has 1 aliphatic heterocycles. The first-order valence-corrected chi connectivity index (χ1v) is 8.35. The van der Waals surface area contributed by atoms with E-state index in [0.29, 0.717) is 12.1 Å². The summed E-state index contributed by atoms with van der Waals surface area (Å²) in [5, 5.41) is 8.24. The monoisotopic (exact) mass is 293 g/mol. The minimum absolute atomic E-state index is 0.0267. The summed E-state index contributed by atoms with van der Waals surface area (Å²) >= 11 is 0. The molecule has 1 N–H and O–H groups in total. The zero-order valence-electron chi connectivity index (χ0n) is 14.5. The fourth-order valence-electron chi connectivity index (χ4n) is 3.39. The third kappa shape index (κ3) is 3.49. The van der Waals surface area contributed by atoms with Crippen molar-refractivity contribution < 1.29 is 4.74 Å². The van der Waals surface area contributed by atoms with E-state index >= 15 is 0 Å². The van der Waals surface area contributed by atoms with Crippen LogP contribution in [0.15, 0.2) is 0 Å². The largest absolute Gasteiger partial charge is 0.370 e. The van der Waals surface area contributed by atoms with Crippen molar-refractivity contribution in [1.29, 1.82) is 0 Å². The molecule has 0 aliphatic carbocycles. The van der Waals surface area contributed by atoms with Crippen LogP contribution < -0.4 is 5.32 Å². The number of nitrogens with zero attached hydrogens (tertiary/aromatic N) is 2. The Kier molecular flexibility index (Phi) is 5.10. The standard InChI is InChI=1S/C17H31N3O/c1-7-14-16(12(3)18-6)15(8-2)20(19-14)11-13-9-10-17(4,5)21-13/h12-13,18H,7-11H2,1-6H3. The molecule has 0 radical (unpaired) electrons.